The number of nitrogens with zero attached hydrogens (tertiary/aromatic N) is 4. The zero-order valence-corrected chi connectivity index (χ0v) is 16.4. The van der Waals surface area contributed by atoms with E-state index in [2.05, 4.69) is 27.0 Å². The highest BCUT2D eigenvalue weighted by atomic mass is 16.5. The molecule has 0 aliphatic rings. The highest BCUT2D eigenvalue weighted by Crippen LogP contribution is 2.22. The molecule has 4 rings (SSSR count). The van der Waals surface area contributed by atoms with Crippen LogP contribution in [-0.4, -0.2) is 29.9 Å². The van der Waals surface area contributed by atoms with Crippen molar-refractivity contribution in [3.05, 3.63) is 89.4 Å². The Balaban J connectivity index is 1.46. The van der Waals surface area contributed by atoms with E-state index in [4.69, 9.17) is 9.63 Å². The number of pyridine rings is 1. The first-order valence-electron chi connectivity index (χ1n) is 9.45. The Bertz CT molecular complexity index is 1180. The third-order valence-corrected chi connectivity index (χ3v) is 4.52. The van der Waals surface area contributed by atoms with Crippen LogP contribution in [0.3, 0.4) is 0 Å². The number of imidazole rings is 1. The Labute approximate surface area is 173 Å². The fourth-order valence-corrected chi connectivity index (χ4v) is 2.97. The molecule has 30 heavy (non-hydrogen) atoms. The van der Waals surface area contributed by atoms with E-state index < -0.39 is 6.10 Å². The molecule has 0 bridgehead atoms. The maximum atomic E-state index is 9.77. The zero-order valence-electron chi connectivity index (χ0n) is 16.4. The highest BCUT2D eigenvalue weighted by Gasteiger charge is 2.12. The Morgan fingerprint density at radius 2 is 1.80 bits per heavy atom. The van der Waals surface area contributed by atoms with Crippen molar-refractivity contribution in [1.29, 1.82) is 0 Å². The van der Waals surface area contributed by atoms with Gasteiger partial charge in [0.2, 0.25) is 0 Å². The van der Waals surface area contributed by atoms with Crippen molar-refractivity contribution in [2.75, 3.05) is 0 Å². The van der Waals surface area contributed by atoms with Crippen LogP contribution in [0.15, 0.2) is 65.6 Å². The van der Waals surface area contributed by atoms with Gasteiger partial charge in [-0.1, -0.05) is 17.0 Å². The van der Waals surface area contributed by atoms with Crippen molar-refractivity contribution in [2.45, 2.75) is 26.2 Å². The molecular weight excluding hydrogens is 380 g/mol. The van der Waals surface area contributed by atoms with Crippen molar-refractivity contribution in [2.24, 2.45) is 0 Å². The lowest BCUT2D eigenvalue weighted by molar-refractivity contribution is 0.184. The van der Waals surface area contributed by atoms with Crippen LogP contribution in [0, 0.1) is 11.8 Å². The average molecular weight is 400 g/mol. The Hall–Kier alpha value is -3.73. The molecule has 7 nitrogen and oxygen atoms in total. The lowest BCUT2D eigenvalue weighted by atomic mass is 10.1. The van der Waals surface area contributed by atoms with Crippen molar-refractivity contribution < 1.29 is 14.7 Å². The molecule has 0 radical (unpaired) electrons. The van der Waals surface area contributed by atoms with Gasteiger partial charge in [0.15, 0.2) is 5.76 Å². The lowest BCUT2D eigenvalue weighted by Gasteiger charge is -2.07. The van der Waals surface area contributed by atoms with Gasteiger partial charge in [0, 0.05) is 41.3 Å². The Kier molecular flexibility index (Phi) is 5.70. The van der Waals surface area contributed by atoms with Crippen LogP contribution in [0.5, 0.6) is 0 Å². The van der Waals surface area contributed by atoms with E-state index in [9.17, 15) is 5.11 Å². The molecule has 1 aromatic carbocycles. The van der Waals surface area contributed by atoms with E-state index >= 15 is 0 Å². The van der Waals surface area contributed by atoms with Gasteiger partial charge in [-0.2, -0.15) is 0 Å². The molecule has 0 fully saturated rings. The van der Waals surface area contributed by atoms with Crippen LogP contribution >= 0.6 is 0 Å². The summed E-state index contributed by atoms with van der Waals surface area (Å²) < 4.78 is 7.32. The van der Waals surface area contributed by atoms with Gasteiger partial charge in [-0.3, -0.25) is 4.98 Å². The Morgan fingerprint density at radius 1 is 1.03 bits per heavy atom. The van der Waals surface area contributed by atoms with E-state index in [1.54, 1.807) is 31.6 Å². The predicted octanol–water partition coefficient (Wildman–Crippen LogP) is 2.93. The second-order valence-corrected chi connectivity index (χ2v) is 6.80. The summed E-state index contributed by atoms with van der Waals surface area (Å²) in [4.78, 5) is 8.28. The van der Waals surface area contributed by atoms with Gasteiger partial charge >= 0.3 is 0 Å². The fraction of sp³-hybridized carbons (Fsp3) is 0.174. The molecule has 0 saturated carbocycles. The van der Waals surface area contributed by atoms with Gasteiger partial charge in [0.25, 0.3) is 0 Å². The van der Waals surface area contributed by atoms with Crippen LogP contribution in [0.1, 0.15) is 41.4 Å². The van der Waals surface area contributed by atoms with E-state index in [0.717, 1.165) is 22.4 Å². The number of aliphatic hydroxyl groups excluding tert-OH is 2. The molecule has 0 amide bonds. The van der Waals surface area contributed by atoms with Crippen molar-refractivity contribution in [3.63, 3.8) is 0 Å². The molecule has 0 aliphatic carbocycles. The molecule has 3 heterocycles. The molecule has 4 aromatic rings. The molecule has 150 valence electrons. The molecule has 1 atom stereocenters. The van der Waals surface area contributed by atoms with Crippen molar-refractivity contribution in [3.8, 4) is 23.2 Å². The molecule has 0 spiro atoms. The van der Waals surface area contributed by atoms with Crippen LogP contribution < -0.4 is 0 Å². The Morgan fingerprint density at radius 3 is 2.50 bits per heavy atom. The van der Waals surface area contributed by atoms with Crippen LogP contribution in [0.2, 0.25) is 0 Å². The number of rotatable bonds is 5. The normalized spacial score (nSPS) is 11.7. The van der Waals surface area contributed by atoms with Gasteiger partial charge in [-0.15, -0.1) is 0 Å². The number of aromatic nitrogens is 4. The van der Waals surface area contributed by atoms with Gasteiger partial charge < -0.3 is 19.3 Å². The highest BCUT2D eigenvalue weighted by molar-refractivity contribution is 5.59. The fourth-order valence-electron chi connectivity index (χ4n) is 2.97. The quantitative estimate of drug-likeness (QED) is 0.500. The van der Waals surface area contributed by atoms with E-state index in [-0.39, 0.29) is 6.61 Å². The largest absolute Gasteiger partial charge is 0.390 e. The minimum atomic E-state index is -0.650. The topological polar surface area (TPSA) is 97.2 Å². The molecule has 0 unspecified atom stereocenters. The summed E-state index contributed by atoms with van der Waals surface area (Å²) in [6.07, 6.45) is 4.45. The SMILES string of the molecule is C[C@H](O)c1nccn1Cc1cc(-c2ccc(C#Cc3ccc(CO)nc3)cc2)on1. The standard InChI is InChI=1S/C23H20N4O3/c1-16(29)23-24-10-11-27(23)14-21-12-22(30-26-21)19-7-4-17(5-8-19)2-3-18-6-9-20(15-28)25-13-18/h4-13,16,28-29H,14-15H2,1H3/t16-/m0/s1. The summed E-state index contributed by atoms with van der Waals surface area (Å²) in [5, 5.41) is 22.9. The van der Waals surface area contributed by atoms with Crippen LogP contribution in [0.25, 0.3) is 11.3 Å². The first kappa shape index (κ1) is 19.6. The summed E-state index contributed by atoms with van der Waals surface area (Å²) in [5.41, 5.74) is 3.91. The molecule has 0 saturated heterocycles. The van der Waals surface area contributed by atoms with Crippen LogP contribution in [0.4, 0.5) is 0 Å². The molecule has 7 heteroatoms. The van der Waals surface area contributed by atoms with Crippen molar-refractivity contribution in [1.82, 2.24) is 19.7 Å². The molecule has 3 aromatic heterocycles. The van der Waals surface area contributed by atoms with E-state index in [1.807, 2.05) is 41.0 Å². The summed E-state index contributed by atoms with van der Waals surface area (Å²) >= 11 is 0. The van der Waals surface area contributed by atoms with Gasteiger partial charge in [-0.05, 0) is 43.3 Å². The zero-order chi connectivity index (χ0) is 20.9. The maximum Gasteiger partial charge on any atom is 0.167 e. The third kappa shape index (κ3) is 4.46. The monoisotopic (exact) mass is 400 g/mol. The predicted molar refractivity (Wildman–Crippen MR) is 110 cm³/mol. The van der Waals surface area contributed by atoms with Crippen molar-refractivity contribution >= 4 is 0 Å². The third-order valence-electron chi connectivity index (χ3n) is 4.52. The van der Waals surface area contributed by atoms with E-state index in [1.165, 1.54) is 0 Å². The summed E-state index contributed by atoms with van der Waals surface area (Å²) in [5.74, 6) is 7.40. The summed E-state index contributed by atoms with van der Waals surface area (Å²) in [6, 6.07) is 13.2. The second-order valence-electron chi connectivity index (χ2n) is 6.80. The number of hydrogen-bond donors (Lipinski definition) is 2. The molecule has 2 N–H and O–H groups in total. The maximum absolute atomic E-state index is 9.77. The van der Waals surface area contributed by atoms with Crippen LogP contribution in [-0.2, 0) is 13.2 Å². The number of hydrogen-bond acceptors (Lipinski definition) is 6. The first-order valence-corrected chi connectivity index (χ1v) is 9.45. The van der Waals surface area contributed by atoms with Gasteiger partial charge in [0.1, 0.15) is 17.6 Å². The minimum Gasteiger partial charge on any atom is -0.390 e. The smallest absolute Gasteiger partial charge is 0.167 e. The minimum absolute atomic E-state index is 0.0808. The summed E-state index contributed by atoms with van der Waals surface area (Å²) in [6.45, 7) is 2.07. The average Bonchev–Trinajstić information content (AvgIpc) is 3.43. The lowest BCUT2D eigenvalue weighted by Crippen LogP contribution is -2.07. The summed E-state index contributed by atoms with van der Waals surface area (Å²) in [7, 11) is 0. The second kappa shape index (κ2) is 8.74. The van der Waals surface area contributed by atoms with E-state index in [0.29, 0.717) is 23.8 Å². The number of benzene rings is 1. The van der Waals surface area contributed by atoms with Gasteiger partial charge in [-0.25, -0.2) is 4.98 Å². The molecule has 0 aliphatic heterocycles. The van der Waals surface area contributed by atoms with Gasteiger partial charge in [0.05, 0.1) is 18.8 Å². The first-order chi connectivity index (χ1) is 14.6. The molecular formula is C23H20N4O3. The number of aliphatic hydroxyl groups is 2.